The fourth-order valence-corrected chi connectivity index (χ4v) is 6.93. The number of ether oxygens (including phenoxy) is 2. The molecule has 0 aliphatic heterocycles. The van der Waals surface area contributed by atoms with Gasteiger partial charge in [0, 0.05) is 12.8 Å². The lowest BCUT2D eigenvalue weighted by atomic mass is 10.0. The molecule has 0 aliphatic rings. The molecular formula is C42H78O14P2. The number of hydrogen-bond acceptors (Lipinski definition) is 11. The maximum Gasteiger partial charge on any atom is 0.472 e. The van der Waals surface area contributed by atoms with Gasteiger partial charge >= 0.3 is 27.6 Å². The summed E-state index contributed by atoms with van der Waals surface area (Å²) in [5, 5.41) is 19.9. The van der Waals surface area contributed by atoms with Crippen LogP contribution in [0.4, 0.5) is 0 Å². The van der Waals surface area contributed by atoms with Crippen LogP contribution >= 0.6 is 15.6 Å². The number of carbonyl (C=O) groups excluding carboxylic acids is 2. The summed E-state index contributed by atoms with van der Waals surface area (Å²) in [5.74, 6) is -0.315. The third-order valence-electron chi connectivity index (χ3n) is 9.07. The van der Waals surface area contributed by atoms with Gasteiger partial charge < -0.3 is 34.4 Å². The molecule has 4 atom stereocenters. The Bertz CT molecular complexity index is 1200. The van der Waals surface area contributed by atoms with E-state index in [4.69, 9.17) is 23.8 Å². The van der Waals surface area contributed by atoms with Crippen LogP contribution in [-0.4, -0.2) is 81.6 Å². The molecular weight excluding hydrogens is 790 g/mol. The van der Waals surface area contributed by atoms with Gasteiger partial charge in [-0.1, -0.05) is 160 Å². The minimum absolute atomic E-state index is 0.0626. The van der Waals surface area contributed by atoms with Gasteiger partial charge in [-0.2, -0.15) is 0 Å². The Labute approximate surface area is 349 Å². The van der Waals surface area contributed by atoms with Gasteiger partial charge in [-0.25, -0.2) is 9.13 Å². The third-order valence-corrected chi connectivity index (χ3v) is 10.5. The summed E-state index contributed by atoms with van der Waals surface area (Å²) in [4.78, 5) is 52.7. The normalized spacial score (nSPS) is 15.1. The lowest BCUT2D eigenvalue weighted by molar-refractivity contribution is -0.161. The number of phosphoric acid groups is 2. The van der Waals surface area contributed by atoms with Gasteiger partial charge in [0.25, 0.3) is 0 Å². The van der Waals surface area contributed by atoms with E-state index in [-0.39, 0.29) is 12.8 Å². The first-order valence-electron chi connectivity index (χ1n) is 21.6. The van der Waals surface area contributed by atoms with E-state index in [9.17, 15) is 33.8 Å². The highest BCUT2D eigenvalue weighted by Gasteiger charge is 2.28. The number of allylic oxidation sites excluding steroid dienone is 5. The van der Waals surface area contributed by atoms with E-state index < -0.39 is 72.3 Å². The SMILES string of the molecule is CC/C=C/C/C=C/C=C/C(O)CCCCCCCC(=O)O[C@H](COC(=O)CCCCCCCCCCCCCCC(C)C)COP(=O)(O)OC[C@@H](O)COP(=O)(O)O. The Morgan fingerprint density at radius 1 is 0.586 bits per heavy atom. The molecule has 0 amide bonds. The summed E-state index contributed by atoms with van der Waals surface area (Å²) >= 11 is 0. The number of rotatable bonds is 40. The van der Waals surface area contributed by atoms with Gasteiger partial charge in [-0.15, -0.1) is 0 Å². The van der Waals surface area contributed by atoms with Crippen LogP contribution in [0.2, 0.25) is 0 Å². The second-order valence-electron chi connectivity index (χ2n) is 15.3. The van der Waals surface area contributed by atoms with Crippen LogP contribution in [-0.2, 0) is 41.8 Å². The quantitative estimate of drug-likeness (QED) is 0.0127. The predicted molar refractivity (Wildman–Crippen MR) is 227 cm³/mol. The Balaban J connectivity index is 4.60. The van der Waals surface area contributed by atoms with Crippen molar-refractivity contribution in [2.45, 2.75) is 187 Å². The molecule has 340 valence electrons. The van der Waals surface area contributed by atoms with E-state index >= 15 is 0 Å². The largest absolute Gasteiger partial charge is 0.472 e. The van der Waals surface area contributed by atoms with Crippen molar-refractivity contribution >= 4 is 27.6 Å². The predicted octanol–water partition coefficient (Wildman–Crippen LogP) is 9.72. The zero-order valence-electron chi connectivity index (χ0n) is 35.7. The van der Waals surface area contributed by atoms with Crippen molar-refractivity contribution in [2.24, 2.45) is 5.92 Å². The molecule has 0 fully saturated rings. The molecule has 0 saturated heterocycles. The molecule has 14 nitrogen and oxygen atoms in total. The maximum absolute atomic E-state index is 12.7. The van der Waals surface area contributed by atoms with Crippen molar-refractivity contribution in [1.29, 1.82) is 0 Å². The average molecular weight is 869 g/mol. The Hall–Kier alpha value is -1.70. The molecule has 0 aromatic carbocycles. The molecule has 58 heavy (non-hydrogen) atoms. The van der Waals surface area contributed by atoms with Crippen LogP contribution in [0.5, 0.6) is 0 Å². The summed E-state index contributed by atoms with van der Waals surface area (Å²) < 4.78 is 47.7. The number of aliphatic hydroxyl groups excluding tert-OH is 2. The summed E-state index contributed by atoms with van der Waals surface area (Å²) in [6.45, 7) is 3.83. The molecule has 0 aromatic rings. The molecule has 0 aliphatic carbocycles. The van der Waals surface area contributed by atoms with Gasteiger partial charge in [0.05, 0.1) is 25.9 Å². The van der Waals surface area contributed by atoms with E-state index in [0.717, 1.165) is 63.7 Å². The van der Waals surface area contributed by atoms with E-state index in [2.05, 4.69) is 42.0 Å². The smallest absolute Gasteiger partial charge is 0.462 e. The Morgan fingerprint density at radius 3 is 1.64 bits per heavy atom. The zero-order chi connectivity index (χ0) is 43.3. The number of hydrogen-bond donors (Lipinski definition) is 5. The van der Waals surface area contributed by atoms with Crippen molar-refractivity contribution < 1.29 is 66.7 Å². The van der Waals surface area contributed by atoms with Crippen LogP contribution in [0.3, 0.4) is 0 Å². The van der Waals surface area contributed by atoms with Crippen molar-refractivity contribution in [2.75, 3.05) is 26.4 Å². The zero-order valence-corrected chi connectivity index (χ0v) is 37.5. The first kappa shape index (κ1) is 56.3. The van der Waals surface area contributed by atoms with Crippen LogP contribution in [0.1, 0.15) is 168 Å². The van der Waals surface area contributed by atoms with Crippen LogP contribution in [0.25, 0.3) is 0 Å². The molecule has 5 N–H and O–H groups in total. The van der Waals surface area contributed by atoms with E-state index in [1.54, 1.807) is 6.08 Å². The summed E-state index contributed by atoms with van der Waals surface area (Å²) in [6, 6.07) is 0. The van der Waals surface area contributed by atoms with Gasteiger partial charge in [-0.3, -0.25) is 23.2 Å². The Kier molecular flexibility index (Phi) is 36.0. The monoisotopic (exact) mass is 868 g/mol. The highest BCUT2D eigenvalue weighted by atomic mass is 31.2. The van der Waals surface area contributed by atoms with Gasteiger partial charge in [0.2, 0.25) is 0 Å². The first-order valence-corrected chi connectivity index (χ1v) is 24.7. The molecule has 0 radical (unpaired) electrons. The number of phosphoric ester groups is 2. The first-order chi connectivity index (χ1) is 27.6. The molecule has 0 rings (SSSR count). The van der Waals surface area contributed by atoms with Gasteiger partial charge in [0.1, 0.15) is 12.7 Å². The third kappa shape index (κ3) is 41.1. The standard InChI is InChI=1S/C42H78O14P2/c1-4-5-6-7-14-19-24-29-38(43)30-25-20-17-22-27-32-42(46)56-40(36-55-58(50,51)54-34-39(44)33-53-57(47,48)49)35-52-41(45)31-26-21-16-13-11-9-8-10-12-15-18-23-28-37(2)3/h5-6,14,19,24,29,37-40,43-44H,4,7-13,15-18,20-23,25-28,30-36H2,1-3H3,(H,50,51)(H2,47,48,49)/b6-5+,19-14+,29-24+/t38?,39-,40+/m0/s1. The molecule has 0 saturated carbocycles. The van der Waals surface area contributed by atoms with Crippen LogP contribution in [0, 0.1) is 5.92 Å². The van der Waals surface area contributed by atoms with Crippen molar-refractivity contribution in [3.8, 4) is 0 Å². The van der Waals surface area contributed by atoms with Crippen LogP contribution < -0.4 is 0 Å². The van der Waals surface area contributed by atoms with Crippen molar-refractivity contribution in [3.63, 3.8) is 0 Å². The van der Waals surface area contributed by atoms with E-state index in [1.807, 2.05) is 18.2 Å². The Morgan fingerprint density at radius 2 is 1.09 bits per heavy atom. The second-order valence-corrected chi connectivity index (χ2v) is 18.0. The van der Waals surface area contributed by atoms with Gasteiger partial charge in [-0.05, 0) is 38.0 Å². The van der Waals surface area contributed by atoms with Crippen LogP contribution in [0.15, 0.2) is 36.5 Å². The molecule has 0 heterocycles. The maximum atomic E-state index is 12.7. The van der Waals surface area contributed by atoms with E-state index in [1.165, 1.54) is 57.8 Å². The number of carbonyl (C=O) groups is 2. The van der Waals surface area contributed by atoms with Gasteiger partial charge in [0.15, 0.2) is 6.10 Å². The molecule has 0 spiro atoms. The number of esters is 2. The second kappa shape index (κ2) is 37.1. The molecule has 16 heteroatoms. The molecule has 2 unspecified atom stereocenters. The average Bonchev–Trinajstić information content (AvgIpc) is 3.16. The summed E-state index contributed by atoms with van der Waals surface area (Å²) in [5.41, 5.74) is 0. The highest BCUT2D eigenvalue weighted by Crippen LogP contribution is 2.43. The number of aliphatic hydroxyl groups is 2. The minimum atomic E-state index is -4.87. The molecule has 0 aromatic heterocycles. The fraction of sp³-hybridized carbons (Fsp3) is 0.810. The van der Waals surface area contributed by atoms with Crippen molar-refractivity contribution in [3.05, 3.63) is 36.5 Å². The minimum Gasteiger partial charge on any atom is -0.462 e. The topological polar surface area (TPSA) is 216 Å². The summed E-state index contributed by atoms with van der Waals surface area (Å²) in [6.07, 6.45) is 30.2. The van der Waals surface area contributed by atoms with E-state index in [0.29, 0.717) is 19.3 Å². The fourth-order valence-electron chi connectivity index (χ4n) is 5.78. The lowest BCUT2D eigenvalue weighted by Crippen LogP contribution is -2.30. The molecule has 0 bridgehead atoms. The number of unbranched alkanes of at least 4 members (excludes halogenated alkanes) is 15. The highest BCUT2D eigenvalue weighted by molar-refractivity contribution is 7.47. The lowest BCUT2D eigenvalue weighted by Gasteiger charge is -2.20. The van der Waals surface area contributed by atoms with Crippen molar-refractivity contribution in [1.82, 2.24) is 0 Å². The summed E-state index contributed by atoms with van der Waals surface area (Å²) in [7, 11) is -9.70.